The molecule has 4 N–H and O–H groups in total. The number of amides is 3. The zero-order valence-electron chi connectivity index (χ0n) is 11.4. The second kappa shape index (κ2) is 5.05. The molecule has 20 heavy (non-hydrogen) atoms. The van der Waals surface area contributed by atoms with Gasteiger partial charge in [-0.1, -0.05) is 6.92 Å². The Labute approximate surface area is 116 Å². The molecule has 1 aromatic carbocycles. The van der Waals surface area contributed by atoms with Gasteiger partial charge in [-0.3, -0.25) is 19.7 Å². The van der Waals surface area contributed by atoms with Gasteiger partial charge < -0.3 is 11.1 Å². The number of nitrogens with two attached hydrogens (primary N) is 1. The Morgan fingerprint density at radius 2 is 1.95 bits per heavy atom. The van der Waals surface area contributed by atoms with Crippen LogP contribution >= 0.6 is 0 Å². The number of imide groups is 1. The predicted molar refractivity (Wildman–Crippen MR) is 74.3 cm³/mol. The summed E-state index contributed by atoms with van der Waals surface area (Å²) in [6, 6.07) is 4.62. The Morgan fingerprint density at radius 1 is 1.30 bits per heavy atom. The Balaban J connectivity index is 2.24. The van der Waals surface area contributed by atoms with Crippen molar-refractivity contribution in [1.29, 1.82) is 0 Å². The second-order valence-electron chi connectivity index (χ2n) is 5.12. The van der Waals surface area contributed by atoms with E-state index in [0.717, 1.165) is 0 Å². The first-order valence-electron chi connectivity index (χ1n) is 6.42. The number of fused-ring (bicyclic) bond motifs is 1. The summed E-state index contributed by atoms with van der Waals surface area (Å²) in [5, 5.41) is 4.94. The quantitative estimate of drug-likeness (QED) is 0.710. The first kappa shape index (κ1) is 14.2. The van der Waals surface area contributed by atoms with Crippen LogP contribution in [-0.4, -0.2) is 24.3 Å². The summed E-state index contributed by atoms with van der Waals surface area (Å²) in [6.45, 7) is 3.91. The van der Waals surface area contributed by atoms with Crippen LogP contribution in [0.1, 0.15) is 41.0 Å². The summed E-state index contributed by atoms with van der Waals surface area (Å²) in [6.07, 6.45) is 0.610. The SMILES string of the molecule is CCC(C)(CN)C(=O)Nc1ccc2c(c1)C(=O)NC2=O. The summed E-state index contributed by atoms with van der Waals surface area (Å²) in [7, 11) is 0. The second-order valence-corrected chi connectivity index (χ2v) is 5.12. The van der Waals surface area contributed by atoms with Crippen molar-refractivity contribution in [2.45, 2.75) is 20.3 Å². The first-order valence-corrected chi connectivity index (χ1v) is 6.42. The molecule has 0 spiro atoms. The summed E-state index contributed by atoms with van der Waals surface area (Å²) < 4.78 is 0. The Hall–Kier alpha value is -2.21. The van der Waals surface area contributed by atoms with Crippen LogP contribution in [0.25, 0.3) is 0 Å². The van der Waals surface area contributed by atoms with Crippen LogP contribution in [0.4, 0.5) is 5.69 Å². The number of carbonyl (C=O) groups excluding carboxylic acids is 3. The number of hydrogen-bond acceptors (Lipinski definition) is 4. The van der Waals surface area contributed by atoms with Crippen molar-refractivity contribution in [2.75, 3.05) is 11.9 Å². The van der Waals surface area contributed by atoms with E-state index in [1.165, 1.54) is 12.1 Å². The lowest BCUT2D eigenvalue weighted by Gasteiger charge is -2.25. The van der Waals surface area contributed by atoms with Crippen LogP contribution in [0.2, 0.25) is 0 Å². The molecule has 0 aliphatic carbocycles. The van der Waals surface area contributed by atoms with E-state index in [4.69, 9.17) is 5.73 Å². The van der Waals surface area contributed by atoms with E-state index in [2.05, 4.69) is 10.6 Å². The number of nitrogens with one attached hydrogen (secondary N) is 2. The van der Waals surface area contributed by atoms with Gasteiger partial charge in [-0.05, 0) is 31.5 Å². The van der Waals surface area contributed by atoms with E-state index in [1.807, 2.05) is 6.92 Å². The third-order valence-electron chi connectivity index (χ3n) is 3.77. The molecule has 2 rings (SSSR count). The van der Waals surface area contributed by atoms with Gasteiger partial charge >= 0.3 is 0 Å². The highest BCUT2D eigenvalue weighted by Crippen LogP contribution is 2.24. The highest BCUT2D eigenvalue weighted by molar-refractivity contribution is 6.22. The molecule has 0 aromatic heterocycles. The van der Waals surface area contributed by atoms with Crippen LogP contribution in [0.15, 0.2) is 18.2 Å². The average molecular weight is 275 g/mol. The van der Waals surface area contributed by atoms with Crippen LogP contribution < -0.4 is 16.4 Å². The zero-order chi connectivity index (χ0) is 14.9. The predicted octanol–water partition coefficient (Wildman–Crippen LogP) is 0.884. The molecule has 1 aliphatic rings. The summed E-state index contributed by atoms with van der Waals surface area (Å²) in [5.74, 6) is -1.06. The van der Waals surface area contributed by atoms with Crippen molar-refractivity contribution >= 4 is 23.4 Å². The monoisotopic (exact) mass is 275 g/mol. The normalized spacial score (nSPS) is 16.4. The number of rotatable bonds is 4. The van der Waals surface area contributed by atoms with Gasteiger partial charge in [0.1, 0.15) is 0 Å². The minimum atomic E-state index is -0.656. The summed E-state index contributed by atoms with van der Waals surface area (Å²) >= 11 is 0. The van der Waals surface area contributed by atoms with E-state index in [-0.39, 0.29) is 18.0 Å². The van der Waals surface area contributed by atoms with Crippen molar-refractivity contribution < 1.29 is 14.4 Å². The molecule has 0 fully saturated rings. The molecule has 1 unspecified atom stereocenters. The third-order valence-corrected chi connectivity index (χ3v) is 3.77. The summed E-state index contributed by atoms with van der Waals surface area (Å²) in [4.78, 5) is 35.2. The smallest absolute Gasteiger partial charge is 0.259 e. The van der Waals surface area contributed by atoms with Crippen molar-refractivity contribution in [3.63, 3.8) is 0 Å². The standard InChI is InChI=1S/C14H17N3O3/c1-3-14(2,7-15)13(20)16-8-4-5-9-10(6-8)12(19)17-11(9)18/h4-6H,3,7,15H2,1-2H3,(H,16,20)(H,17,18,19). The number of benzene rings is 1. The van der Waals surface area contributed by atoms with Crippen LogP contribution in [0.5, 0.6) is 0 Å². The minimum Gasteiger partial charge on any atom is -0.329 e. The number of hydrogen-bond donors (Lipinski definition) is 3. The van der Waals surface area contributed by atoms with Gasteiger partial charge in [0.2, 0.25) is 5.91 Å². The fraction of sp³-hybridized carbons (Fsp3) is 0.357. The van der Waals surface area contributed by atoms with E-state index in [9.17, 15) is 14.4 Å². The van der Waals surface area contributed by atoms with E-state index in [0.29, 0.717) is 17.7 Å². The molecule has 0 saturated heterocycles. The molecule has 0 bridgehead atoms. The van der Waals surface area contributed by atoms with Crippen LogP contribution in [0, 0.1) is 5.41 Å². The molecule has 1 aliphatic heterocycles. The van der Waals surface area contributed by atoms with Gasteiger partial charge in [-0.15, -0.1) is 0 Å². The van der Waals surface area contributed by atoms with Crippen molar-refractivity contribution in [2.24, 2.45) is 11.1 Å². The lowest BCUT2D eigenvalue weighted by atomic mass is 9.86. The lowest BCUT2D eigenvalue weighted by molar-refractivity contribution is -0.124. The van der Waals surface area contributed by atoms with Gasteiger partial charge in [-0.2, -0.15) is 0 Å². The largest absolute Gasteiger partial charge is 0.329 e. The number of carbonyl (C=O) groups is 3. The lowest BCUT2D eigenvalue weighted by Crippen LogP contribution is -2.39. The molecule has 6 heteroatoms. The fourth-order valence-corrected chi connectivity index (χ4v) is 1.93. The van der Waals surface area contributed by atoms with Crippen molar-refractivity contribution in [3.05, 3.63) is 29.3 Å². The van der Waals surface area contributed by atoms with Crippen molar-refractivity contribution in [1.82, 2.24) is 5.32 Å². The van der Waals surface area contributed by atoms with Gasteiger partial charge in [-0.25, -0.2) is 0 Å². The highest BCUT2D eigenvalue weighted by Gasteiger charge is 2.31. The molecular weight excluding hydrogens is 258 g/mol. The third kappa shape index (κ3) is 2.30. The molecule has 1 heterocycles. The van der Waals surface area contributed by atoms with Crippen LogP contribution in [0.3, 0.4) is 0 Å². The maximum Gasteiger partial charge on any atom is 0.259 e. The Bertz CT molecular complexity index is 591. The highest BCUT2D eigenvalue weighted by atomic mass is 16.2. The fourth-order valence-electron chi connectivity index (χ4n) is 1.93. The van der Waals surface area contributed by atoms with Crippen LogP contribution in [-0.2, 0) is 4.79 Å². The average Bonchev–Trinajstić information content (AvgIpc) is 2.72. The molecule has 6 nitrogen and oxygen atoms in total. The summed E-state index contributed by atoms with van der Waals surface area (Å²) in [5.41, 5.74) is 6.06. The van der Waals surface area contributed by atoms with Gasteiger partial charge in [0, 0.05) is 12.2 Å². The first-order chi connectivity index (χ1) is 9.41. The topological polar surface area (TPSA) is 101 Å². The maximum atomic E-state index is 12.2. The number of anilines is 1. The molecule has 1 atom stereocenters. The van der Waals surface area contributed by atoms with E-state index in [1.54, 1.807) is 13.0 Å². The van der Waals surface area contributed by atoms with Gasteiger partial charge in [0.25, 0.3) is 11.8 Å². The molecule has 106 valence electrons. The zero-order valence-corrected chi connectivity index (χ0v) is 11.4. The van der Waals surface area contributed by atoms with Gasteiger partial charge in [0.15, 0.2) is 0 Å². The Morgan fingerprint density at radius 3 is 2.55 bits per heavy atom. The van der Waals surface area contributed by atoms with Crippen molar-refractivity contribution in [3.8, 4) is 0 Å². The molecule has 3 amide bonds. The van der Waals surface area contributed by atoms with Gasteiger partial charge in [0.05, 0.1) is 16.5 Å². The van der Waals surface area contributed by atoms with E-state index < -0.39 is 17.2 Å². The molecule has 0 radical (unpaired) electrons. The Kier molecular flexibility index (Phi) is 3.59. The molecule has 0 saturated carbocycles. The van der Waals surface area contributed by atoms with E-state index >= 15 is 0 Å². The maximum absolute atomic E-state index is 12.2. The molecule has 1 aromatic rings. The molecular formula is C14H17N3O3. The minimum absolute atomic E-state index is 0.202.